The lowest BCUT2D eigenvalue weighted by Crippen LogP contribution is -2.59. The summed E-state index contributed by atoms with van der Waals surface area (Å²) in [6.07, 6.45) is 5.19. The smallest absolute Gasteiger partial charge is 0.416 e. The first-order chi connectivity index (χ1) is 25.6. The minimum absolute atomic E-state index is 0.0199. The molecule has 4 fully saturated rings. The summed E-state index contributed by atoms with van der Waals surface area (Å²) in [5, 5.41) is 9.57. The Bertz CT molecular complexity index is 1750. The van der Waals surface area contributed by atoms with Gasteiger partial charge in [-0.2, -0.15) is 0 Å². The lowest BCUT2D eigenvalue weighted by molar-refractivity contribution is -0.142. The number of amides is 5. The van der Waals surface area contributed by atoms with Gasteiger partial charge in [-0.1, -0.05) is 26.2 Å². The van der Waals surface area contributed by atoms with Crippen LogP contribution in [-0.2, 0) is 28.6 Å². The molecule has 3 N–H and O–H groups in total. The second kappa shape index (κ2) is 15.6. The predicted molar refractivity (Wildman–Crippen MR) is 195 cm³/mol. The molecule has 5 amide bonds. The number of fused-ring (bicyclic) bond motifs is 1. The first kappa shape index (κ1) is 39.0. The van der Waals surface area contributed by atoms with Crippen LogP contribution in [0, 0.1) is 11.8 Å². The van der Waals surface area contributed by atoms with Crippen molar-refractivity contribution in [2.75, 3.05) is 20.4 Å². The standard InChI is InChI=1S/C39H53N5O10/c1-7-25-20-39(25,34(47)42-35(48)51-22-52-38(5)15-16-38)43-31(45)29-19-27(53-32-28-13-12-26(50-6)18-24(28)14-17-40-32)21-44(29)33(46)30(23-10-8-9-11-23)41-36(49)54-37(2,3)4/h12-14,17-18,23,25,27,29-30H,7-11,15-16,19-22H2,1-6H3,(H,41,49)(H,43,45)(H,42,47,48)/t25-,27-,29+,30+,39-/m1/s1. The molecule has 0 unspecified atom stereocenters. The molecule has 2 heterocycles. The molecule has 15 heteroatoms. The SMILES string of the molecule is CC[C@@H]1C[C@]1(NC(=O)[C@@H]1C[C@@H](Oc2nccc3cc(OC)ccc23)CN1C(=O)[C@@H](NC(=O)OC(C)(C)C)C1CCCC1)C(=O)NC(=O)OCOC1(C)CC1. The number of aromatic nitrogens is 1. The van der Waals surface area contributed by atoms with Crippen molar-refractivity contribution in [1.29, 1.82) is 0 Å². The van der Waals surface area contributed by atoms with Crippen LogP contribution >= 0.6 is 0 Å². The number of nitrogens with zero attached hydrogens (tertiary/aromatic N) is 2. The van der Waals surface area contributed by atoms with Crippen LogP contribution in [0.15, 0.2) is 30.5 Å². The molecule has 6 rings (SSSR count). The third-order valence-electron chi connectivity index (χ3n) is 11.0. The number of pyridine rings is 1. The van der Waals surface area contributed by atoms with E-state index < -0.39 is 59.2 Å². The Morgan fingerprint density at radius 1 is 1.06 bits per heavy atom. The van der Waals surface area contributed by atoms with Crippen LogP contribution in [0.3, 0.4) is 0 Å². The molecule has 3 saturated carbocycles. The third-order valence-corrected chi connectivity index (χ3v) is 11.0. The lowest BCUT2D eigenvalue weighted by atomic mass is 9.96. The molecule has 2 aromatic rings. The second-order valence-electron chi connectivity index (χ2n) is 16.2. The average Bonchev–Trinajstić information content (AvgIpc) is 3.86. The van der Waals surface area contributed by atoms with Gasteiger partial charge in [0.1, 0.15) is 35.1 Å². The number of imide groups is 1. The summed E-state index contributed by atoms with van der Waals surface area (Å²) in [6.45, 7) is 8.76. The van der Waals surface area contributed by atoms with E-state index in [1.807, 2.05) is 32.0 Å². The van der Waals surface area contributed by atoms with E-state index in [0.29, 0.717) is 24.5 Å². The molecule has 0 radical (unpaired) electrons. The number of hydrogen-bond acceptors (Lipinski definition) is 11. The van der Waals surface area contributed by atoms with E-state index in [9.17, 15) is 24.0 Å². The van der Waals surface area contributed by atoms with Gasteiger partial charge >= 0.3 is 12.2 Å². The van der Waals surface area contributed by atoms with Gasteiger partial charge < -0.3 is 39.2 Å². The Morgan fingerprint density at radius 2 is 1.80 bits per heavy atom. The summed E-state index contributed by atoms with van der Waals surface area (Å²) in [6, 6.07) is 5.32. The summed E-state index contributed by atoms with van der Waals surface area (Å²) >= 11 is 0. The summed E-state index contributed by atoms with van der Waals surface area (Å²) in [7, 11) is 1.58. The van der Waals surface area contributed by atoms with Crippen LogP contribution in [0.1, 0.15) is 92.4 Å². The van der Waals surface area contributed by atoms with Gasteiger partial charge in [0, 0.05) is 18.0 Å². The number of ether oxygens (including phenoxy) is 5. The van der Waals surface area contributed by atoms with Crippen molar-refractivity contribution < 1.29 is 47.7 Å². The molecule has 3 aliphatic carbocycles. The highest BCUT2D eigenvalue weighted by Crippen LogP contribution is 2.46. The molecule has 5 atom stereocenters. The maximum Gasteiger partial charge on any atom is 0.416 e. The lowest BCUT2D eigenvalue weighted by Gasteiger charge is -2.32. The van der Waals surface area contributed by atoms with E-state index in [0.717, 1.165) is 49.3 Å². The molecule has 4 aliphatic rings. The molecule has 0 spiro atoms. The van der Waals surface area contributed by atoms with Crippen molar-refractivity contribution in [3.63, 3.8) is 0 Å². The number of carbonyl (C=O) groups is 5. The van der Waals surface area contributed by atoms with Crippen LogP contribution in [0.4, 0.5) is 9.59 Å². The number of likely N-dealkylation sites (tertiary alicyclic amines) is 1. The molecular weight excluding hydrogens is 698 g/mol. The molecule has 1 aromatic heterocycles. The molecular formula is C39H53N5O10. The Kier molecular flexibility index (Phi) is 11.3. The van der Waals surface area contributed by atoms with Crippen molar-refractivity contribution in [2.45, 2.75) is 127 Å². The van der Waals surface area contributed by atoms with Gasteiger partial charge in [0.05, 0.1) is 19.3 Å². The van der Waals surface area contributed by atoms with Crippen molar-refractivity contribution in [3.8, 4) is 11.6 Å². The zero-order valence-corrected chi connectivity index (χ0v) is 32.0. The Morgan fingerprint density at radius 3 is 2.44 bits per heavy atom. The van der Waals surface area contributed by atoms with E-state index in [-0.39, 0.29) is 37.2 Å². The minimum Gasteiger partial charge on any atom is -0.497 e. The zero-order chi connectivity index (χ0) is 38.8. The number of carbonyl (C=O) groups excluding carboxylic acids is 5. The summed E-state index contributed by atoms with van der Waals surface area (Å²) < 4.78 is 28.0. The molecule has 294 valence electrons. The summed E-state index contributed by atoms with van der Waals surface area (Å²) in [5.41, 5.74) is -2.48. The van der Waals surface area contributed by atoms with Crippen LogP contribution < -0.4 is 25.4 Å². The molecule has 1 aliphatic heterocycles. The highest BCUT2D eigenvalue weighted by atomic mass is 16.7. The van der Waals surface area contributed by atoms with Crippen LogP contribution in [-0.4, -0.2) is 95.2 Å². The predicted octanol–water partition coefficient (Wildman–Crippen LogP) is 4.74. The fourth-order valence-electron chi connectivity index (χ4n) is 7.57. The minimum atomic E-state index is -1.38. The van der Waals surface area contributed by atoms with Crippen molar-refractivity contribution in [3.05, 3.63) is 30.5 Å². The van der Waals surface area contributed by atoms with E-state index in [4.69, 9.17) is 23.7 Å². The number of alkyl carbamates (subject to hydrolysis) is 2. The Hall–Kier alpha value is -4.66. The average molecular weight is 752 g/mol. The second-order valence-corrected chi connectivity index (χ2v) is 16.2. The van der Waals surface area contributed by atoms with Gasteiger partial charge in [0.2, 0.25) is 17.7 Å². The van der Waals surface area contributed by atoms with E-state index >= 15 is 0 Å². The Labute approximate surface area is 315 Å². The number of benzene rings is 1. The fraction of sp³-hybridized carbons (Fsp3) is 0.641. The largest absolute Gasteiger partial charge is 0.497 e. The number of nitrogens with one attached hydrogen (secondary N) is 3. The van der Waals surface area contributed by atoms with Crippen molar-refractivity contribution >= 4 is 40.7 Å². The highest BCUT2D eigenvalue weighted by Gasteiger charge is 2.61. The number of rotatable bonds is 13. The normalized spacial score (nSPS) is 25.0. The van der Waals surface area contributed by atoms with E-state index in [2.05, 4.69) is 20.9 Å². The first-order valence-electron chi connectivity index (χ1n) is 19.0. The van der Waals surface area contributed by atoms with Gasteiger partial charge in [-0.15, -0.1) is 0 Å². The number of methoxy groups -OCH3 is 1. The van der Waals surface area contributed by atoms with Crippen molar-refractivity contribution in [1.82, 2.24) is 25.8 Å². The van der Waals surface area contributed by atoms with Gasteiger partial charge in [-0.05, 0) is 101 Å². The van der Waals surface area contributed by atoms with Crippen LogP contribution in [0.5, 0.6) is 11.6 Å². The maximum absolute atomic E-state index is 14.6. The van der Waals surface area contributed by atoms with Crippen LogP contribution in [0.2, 0.25) is 0 Å². The highest BCUT2D eigenvalue weighted by molar-refractivity contribution is 6.03. The monoisotopic (exact) mass is 751 g/mol. The van der Waals surface area contributed by atoms with Crippen molar-refractivity contribution in [2.24, 2.45) is 11.8 Å². The summed E-state index contributed by atoms with van der Waals surface area (Å²) in [5.74, 6) is -1.12. The third kappa shape index (κ3) is 8.99. The number of hydrogen-bond donors (Lipinski definition) is 3. The summed E-state index contributed by atoms with van der Waals surface area (Å²) in [4.78, 5) is 74.1. The molecule has 1 saturated heterocycles. The zero-order valence-electron chi connectivity index (χ0n) is 32.0. The topological polar surface area (TPSA) is 184 Å². The quantitative estimate of drug-likeness (QED) is 0.240. The van der Waals surface area contributed by atoms with Gasteiger partial charge in [-0.3, -0.25) is 19.7 Å². The molecule has 0 bridgehead atoms. The van der Waals surface area contributed by atoms with Gasteiger partial charge in [-0.25, -0.2) is 14.6 Å². The van der Waals surface area contributed by atoms with E-state index in [1.165, 1.54) is 4.90 Å². The van der Waals surface area contributed by atoms with Gasteiger partial charge in [0.15, 0.2) is 6.79 Å². The molecule has 15 nitrogen and oxygen atoms in total. The molecule has 1 aromatic carbocycles. The fourth-order valence-corrected chi connectivity index (χ4v) is 7.57. The first-order valence-corrected chi connectivity index (χ1v) is 19.0. The maximum atomic E-state index is 14.6. The van der Waals surface area contributed by atoms with E-state index in [1.54, 1.807) is 40.1 Å². The van der Waals surface area contributed by atoms with Gasteiger partial charge in [0.25, 0.3) is 5.91 Å². The van der Waals surface area contributed by atoms with Crippen LogP contribution in [0.25, 0.3) is 10.8 Å². The molecule has 54 heavy (non-hydrogen) atoms. The Balaban J connectivity index is 1.23.